The highest BCUT2D eigenvalue weighted by molar-refractivity contribution is 7.08. The maximum atomic E-state index is 13.7. The van der Waals surface area contributed by atoms with E-state index in [0.717, 1.165) is 0 Å². The number of nitrogens with zero attached hydrogens (tertiary/aromatic N) is 1. The molecule has 0 atom stereocenters. The number of amides is 1. The molecule has 2 heterocycles. The number of rotatable bonds is 5. The summed E-state index contributed by atoms with van der Waals surface area (Å²) in [6.45, 7) is 0.242. The van der Waals surface area contributed by atoms with Crippen molar-refractivity contribution in [2.45, 2.75) is 6.54 Å². The van der Waals surface area contributed by atoms with Crippen LogP contribution in [-0.4, -0.2) is 10.9 Å². The Hall–Kier alpha value is -2.73. The zero-order chi connectivity index (χ0) is 16.1. The highest BCUT2D eigenvalue weighted by Crippen LogP contribution is 2.25. The van der Waals surface area contributed by atoms with Crippen LogP contribution in [0.1, 0.15) is 15.9 Å². The number of hydrogen-bond donors (Lipinski definition) is 1. The molecule has 0 aliphatic rings. The van der Waals surface area contributed by atoms with Gasteiger partial charge in [0.2, 0.25) is 5.88 Å². The minimum atomic E-state index is -0.466. The van der Waals surface area contributed by atoms with Crippen molar-refractivity contribution in [3.8, 4) is 11.6 Å². The molecule has 1 N–H and O–H groups in total. The number of halogens is 1. The number of carbonyl (C=O) groups is 1. The predicted octanol–water partition coefficient (Wildman–Crippen LogP) is 4.00. The number of thiophene rings is 1. The van der Waals surface area contributed by atoms with Gasteiger partial charge in [-0.1, -0.05) is 18.2 Å². The molecular formula is C17H13FN2O2S. The first-order valence-corrected chi connectivity index (χ1v) is 7.85. The molecule has 4 nitrogen and oxygen atoms in total. The summed E-state index contributed by atoms with van der Waals surface area (Å²) in [6, 6.07) is 11.4. The van der Waals surface area contributed by atoms with Crippen LogP contribution in [0.2, 0.25) is 0 Å². The summed E-state index contributed by atoms with van der Waals surface area (Å²) in [5.41, 5.74) is 1.27. The van der Waals surface area contributed by atoms with Crippen molar-refractivity contribution >= 4 is 17.2 Å². The lowest BCUT2D eigenvalue weighted by atomic mass is 10.2. The van der Waals surface area contributed by atoms with Crippen LogP contribution >= 0.6 is 11.3 Å². The molecule has 0 saturated carbocycles. The van der Waals surface area contributed by atoms with Crippen LogP contribution in [0.5, 0.6) is 11.6 Å². The monoisotopic (exact) mass is 328 g/mol. The van der Waals surface area contributed by atoms with Gasteiger partial charge in [-0.2, -0.15) is 11.3 Å². The molecular weight excluding hydrogens is 315 g/mol. The molecule has 0 radical (unpaired) electrons. The Morgan fingerprint density at radius 2 is 2.09 bits per heavy atom. The van der Waals surface area contributed by atoms with Gasteiger partial charge in [-0.15, -0.1) is 0 Å². The van der Waals surface area contributed by atoms with Crippen molar-refractivity contribution in [2.75, 3.05) is 0 Å². The van der Waals surface area contributed by atoms with Crippen molar-refractivity contribution in [3.05, 3.63) is 76.4 Å². The third-order valence-electron chi connectivity index (χ3n) is 3.12. The molecule has 23 heavy (non-hydrogen) atoms. The summed E-state index contributed by atoms with van der Waals surface area (Å²) in [6.07, 6.45) is 1.56. The predicted molar refractivity (Wildman–Crippen MR) is 86.2 cm³/mol. The van der Waals surface area contributed by atoms with Crippen molar-refractivity contribution in [1.29, 1.82) is 0 Å². The molecule has 0 saturated heterocycles. The fourth-order valence-corrected chi connectivity index (χ4v) is 2.59. The summed E-state index contributed by atoms with van der Waals surface area (Å²) in [5, 5.41) is 6.41. The maximum Gasteiger partial charge on any atom is 0.252 e. The Kier molecular flexibility index (Phi) is 4.63. The molecule has 116 valence electrons. The molecule has 0 spiro atoms. The van der Waals surface area contributed by atoms with Gasteiger partial charge in [0.15, 0.2) is 11.6 Å². The molecule has 3 rings (SSSR count). The molecule has 0 aliphatic carbocycles. The van der Waals surface area contributed by atoms with Gasteiger partial charge in [0.1, 0.15) is 0 Å². The lowest BCUT2D eigenvalue weighted by Crippen LogP contribution is -2.22. The first-order valence-electron chi connectivity index (χ1n) is 6.91. The first-order chi connectivity index (χ1) is 11.2. The van der Waals surface area contributed by atoms with Gasteiger partial charge in [-0.25, -0.2) is 9.37 Å². The Balaban J connectivity index is 1.73. The smallest absolute Gasteiger partial charge is 0.252 e. The molecule has 1 amide bonds. The minimum Gasteiger partial charge on any atom is -0.436 e. The molecule has 2 aromatic heterocycles. The standard InChI is InChI=1S/C17H13FN2O2S/c18-14-5-1-2-6-15(14)22-17-12(4-3-8-19-17)10-20-16(21)13-7-9-23-11-13/h1-9,11H,10H2,(H,20,21). The zero-order valence-electron chi connectivity index (χ0n) is 12.0. The molecule has 3 aromatic rings. The number of hydrogen-bond acceptors (Lipinski definition) is 4. The van der Waals surface area contributed by atoms with Gasteiger partial charge < -0.3 is 10.1 Å². The van der Waals surface area contributed by atoms with Crippen LogP contribution in [-0.2, 0) is 6.54 Å². The number of ether oxygens (including phenoxy) is 1. The average molecular weight is 328 g/mol. The van der Waals surface area contributed by atoms with Crippen molar-refractivity contribution in [3.63, 3.8) is 0 Å². The Morgan fingerprint density at radius 1 is 1.22 bits per heavy atom. The molecule has 0 fully saturated rings. The van der Waals surface area contributed by atoms with Crippen LogP contribution in [0.25, 0.3) is 0 Å². The topological polar surface area (TPSA) is 51.2 Å². The second-order valence-electron chi connectivity index (χ2n) is 4.69. The third kappa shape index (κ3) is 3.73. The van der Waals surface area contributed by atoms with E-state index in [2.05, 4.69) is 10.3 Å². The van der Waals surface area contributed by atoms with E-state index in [4.69, 9.17) is 4.74 Å². The van der Waals surface area contributed by atoms with E-state index in [1.165, 1.54) is 23.5 Å². The molecule has 0 aliphatic heterocycles. The van der Waals surface area contributed by atoms with Crippen LogP contribution in [0.4, 0.5) is 4.39 Å². The summed E-state index contributed by atoms with van der Waals surface area (Å²) in [5.74, 6) is -0.279. The van der Waals surface area contributed by atoms with Crippen molar-refractivity contribution in [1.82, 2.24) is 10.3 Å². The lowest BCUT2D eigenvalue weighted by Gasteiger charge is -2.11. The van der Waals surface area contributed by atoms with E-state index in [1.807, 2.05) is 5.38 Å². The Labute approximate surface area is 136 Å². The van der Waals surface area contributed by atoms with Crippen LogP contribution < -0.4 is 10.1 Å². The molecule has 0 bridgehead atoms. The summed E-state index contributed by atoms with van der Waals surface area (Å²) < 4.78 is 19.2. The van der Waals surface area contributed by atoms with Gasteiger partial charge in [0.25, 0.3) is 5.91 Å². The van der Waals surface area contributed by atoms with E-state index in [-0.39, 0.29) is 24.1 Å². The van der Waals surface area contributed by atoms with E-state index in [9.17, 15) is 9.18 Å². The second kappa shape index (κ2) is 7.02. The van der Waals surface area contributed by atoms with Crippen molar-refractivity contribution in [2.24, 2.45) is 0 Å². The van der Waals surface area contributed by atoms with E-state index < -0.39 is 5.82 Å². The van der Waals surface area contributed by atoms with E-state index in [0.29, 0.717) is 11.1 Å². The lowest BCUT2D eigenvalue weighted by molar-refractivity contribution is 0.0951. The van der Waals surface area contributed by atoms with Crippen LogP contribution in [0.15, 0.2) is 59.4 Å². The summed E-state index contributed by atoms with van der Waals surface area (Å²) >= 11 is 1.46. The number of nitrogens with one attached hydrogen (secondary N) is 1. The fourth-order valence-electron chi connectivity index (χ4n) is 1.95. The number of para-hydroxylation sites is 1. The first kappa shape index (κ1) is 15.2. The van der Waals surface area contributed by atoms with Crippen LogP contribution in [0.3, 0.4) is 0 Å². The molecule has 0 unspecified atom stereocenters. The minimum absolute atomic E-state index is 0.0941. The third-order valence-corrected chi connectivity index (χ3v) is 3.80. The number of carbonyl (C=O) groups excluding carboxylic acids is 1. The highest BCUT2D eigenvalue weighted by Gasteiger charge is 2.11. The second-order valence-corrected chi connectivity index (χ2v) is 5.47. The summed E-state index contributed by atoms with van der Waals surface area (Å²) in [7, 11) is 0. The molecule has 6 heteroatoms. The average Bonchev–Trinajstić information content (AvgIpc) is 3.10. The molecule has 1 aromatic carbocycles. The number of aromatic nitrogens is 1. The van der Waals surface area contributed by atoms with Crippen molar-refractivity contribution < 1.29 is 13.9 Å². The quantitative estimate of drug-likeness (QED) is 0.770. The van der Waals surface area contributed by atoms with E-state index in [1.54, 1.807) is 41.9 Å². The fraction of sp³-hybridized carbons (Fsp3) is 0.0588. The normalized spacial score (nSPS) is 10.3. The summed E-state index contributed by atoms with van der Waals surface area (Å²) in [4.78, 5) is 16.1. The van der Waals surface area contributed by atoms with Gasteiger partial charge in [-0.3, -0.25) is 4.79 Å². The number of benzene rings is 1. The van der Waals surface area contributed by atoms with Gasteiger partial charge in [0, 0.05) is 29.2 Å². The Bertz CT molecular complexity index is 806. The maximum absolute atomic E-state index is 13.7. The van der Waals surface area contributed by atoms with Gasteiger partial charge >= 0.3 is 0 Å². The van der Waals surface area contributed by atoms with Gasteiger partial charge in [-0.05, 0) is 29.6 Å². The number of pyridine rings is 1. The van der Waals surface area contributed by atoms with Crippen LogP contribution in [0, 0.1) is 5.82 Å². The highest BCUT2D eigenvalue weighted by atomic mass is 32.1. The van der Waals surface area contributed by atoms with Gasteiger partial charge in [0.05, 0.1) is 0 Å². The zero-order valence-corrected chi connectivity index (χ0v) is 12.8. The SMILES string of the molecule is O=C(NCc1cccnc1Oc1ccccc1F)c1ccsc1. The Morgan fingerprint density at radius 3 is 2.87 bits per heavy atom. The van der Waals surface area contributed by atoms with E-state index >= 15 is 0 Å². The largest absolute Gasteiger partial charge is 0.436 e.